The lowest BCUT2D eigenvalue weighted by Crippen LogP contribution is -2.39. The van der Waals surface area contributed by atoms with Gasteiger partial charge in [-0.1, -0.05) is 48.4 Å². The zero-order chi connectivity index (χ0) is 32.6. The van der Waals surface area contributed by atoms with Crippen molar-refractivity contribution in [2.45, 2.75) is 64.2 Å². The van der Waals surface area contributed by atoms with Crippen LogP contribution in [0.1, 0.15) is 61.4 Å². The number of nitrogens with one attached hydrogen (secondary N) is 1. The Morgan fingerprint density at radius 2 is 1.79 bits per heavy atom. The molecule has 4 aromatic rings. The molecule has 0 saturated carbocycles. The number of methoxy groups -OCH3 is 1. The van der Waals surface area contributed by atoms with Crippen molar-refractivity contribution >= 4 is 34.2 Å². The maximum Gasteiger partial charge on any atom is 0.251 e. The summed E-state index contributed by atoms with van der Waals surface area (Å²) in [6, 6.07) is 19.8. The Morgan fingerprint density at radius 1 is 0.957 bits per heavy atom. The van der Waals surface area contributed by atoms with Gasteiger partial charge in [-0.2, -0.15) is 0 Å². The van der Waals surface area contributed by atoms with Crippen LogP contribution < -0.4 is 24.4 Å². The Hall–Kier alpha value is -4.08. The van der Waals surface area contributed by atoms with Crippen molar-refractivity contribution in [2.75, 3.05) is 44.7 Å². The number of halogens is 1. The minimum atomic E-state index is -0.109. The monoisotopic (exact) mass is 657 g/mol. The van der Waals surface area contributed by atoms with Crippen molar-refractivity contribution in [3.05, 3.63) is 83.1 Å². The van der Waals surface area contributed by atoms with Crippen molar-refractivity contribution in [1.82, 2.24) is 20.2 Å². The van der Waals surface area contributed by atoms with E-state index in [1.807, 2.05) is 42.5 Å². The van der Waals surface area contributed by atoms with Crippen LogP contribution in [0.4, 0.5) is 5.82 Å². The van der Waals surface area contributed by atoms with Crippen LogP contribution in [0.25, 0.3) is 10.9 Å². The van der Waals surface area contributed by atoms with Gasteiger partial charge in [0.2, 0.25) is 0 Å². The van der Waals surface area contributed by atoms with Gasteiger partial charge in [0.15, 0.2) is 11.5 Å². The minimum Gasteiger partial charge on any atom is -0.493 e. The molecule has 47 heavy (non-hydrogen) atoms. The van der Waals surface area contributed by atoms with Gasteiger partial charge in [0.05, 0.1) is 17.6 Å². The molecule has 0 aliphatic carbocycles. The number of fused-ring (bicyclic) bond motifs is 1. The zero-order valence-electron chi connectivity index (χ0n) is 27.3. The summed E-state index contributed by atoms with van der Waals surface area (Å²) in [5.41, 5.74) is 2.42. The number of piperidine rings is 2. The summed E-state index contributed by atoms with van der Waals surface area (Å²) in [7, 11) is 1.64. The first-order chi connectivity index (χ1) is 23.0. The molecule has 10 heteroatoms. The summed E-state index contributed by atoms with van der Waals surface area (Å²) in [4.78, 5) is 26.7. The fourth-order valence-corrected chi connectivity index (χ4v) is 6.71. The van der Waals surface area contributed by atoms with E-state index in [1.54, 1.807) is 31.6 Å². The van der Waals surface area contributed by atoms with E-state index in [9.17, 15) is 4.79 Å². The SMILES string of the molecule is COc1cc2c(N3CCC(Oc4ccc(C(=O)NCCCN5CCCCC5C)cc4Cl)CC3)ncnc2cc1OCc1ccccc1. The number of likely N-dealkylation sites (tertiary alicyclic amines) is 1. The summed E-state index contributed by atoms with van der Waals surface area (Å²) >= 11 is 6.60. The molecular formula is C37H44ClN5O4. The van der Waals surface area contributed by atoms with Crippen LogP contribution in [-0.2, 0) is 6.61 Å². The van der Waals surface area contributed by atoms with E-state index in [0.29, 0.717) is 47.0 Å². The number of amides is 1. The number of hydrogen-bond acceptors (Lipinski definition) is 8. The van der Waals surface area contributed by atoms with E-state index in [4.69, 9.17) is 25.8 Å². The number of anilines is 1. The Balaban J connectivity index is 1.02. The normalized spacial score (nSPS) is 17.4. The molecule has 3 aromatic carbocycles. The van der Waals surface area contributed by atoms with E-state index >= 15 is 0 Å². The lowest BCUT2D eigenvalue weighted by atomic mass is 10.0. The second kappa shape index (κ2) is 15.7. The van der Waals surface area contributed by atoms with Gasteiger partial charge in [-0.05, 0) is 62.6 Å². The molecule has 1 unspecified atom stereocenters. The number of nitrogens with zero attached hydrogens (tertiary/aromatic N) is 4. The van der Waals surface area contributed by atoms with E-state index in [0.717, 1.165) is 67.7 Å². The van der Waals surface area contributed by atoms with E-state index < -0.39 is 0 Å². The molecule has 6 rings (SSSR count). The van der Waals surface area contributed by atoms with Gasteiger partial charge in [-0.3, -0.25) is 4.79 Å². The van der Waals surface area contributed by atoms with E-state index in [2.05, 4.69) is 32.0 Å². The molecule has 248 valence electrons. The van der Waals surface area contributed by atoms with Gasteiger partial charge in [0.25, 0.3) is 5.91 Å². The topological polar surface area (TPSA) is 89.1 Å². The first-order valence-corrected chi connectivity index (χ1v) is 17.1. The van der Waals surface area contributed by atoms with Crippen LogP contribution in [0.15, 0.2) is 67.0 Å². The highest BCUT2D eigenvalue weighted by atomic mass is 35.5. The summed E-state index contributed by atoms with van der Waals surface area (Å²) in [6.45, 7) is 7.08. The van der Waals surface area contributed by atoms with Gasteiger partial charge in [-0.15, -0.1) is 0 Å². The minimum absolute atomic E-state index is 0.00114. The molecule has 2 fully saturated rings. The molecule has 3 heterocycles. The zero-order valence-corrected chi connectivity index (χ0v) is 28.0. The van der Waals surface area contributed by atoms with Crippen LogP contribution in [-0.4, -0.2) is 72.8 Å². The Bertz CT molecular complexity index is 1650. The molecule has 2 saturated heterocycles. The summed E-state index contributed by atoms with van der Waals surface area (Å²) < 4.78 is 18.1. The Morgan fingerprint density at radius 3 is 2.55 bits per heavy atom. The maximum absolute atomic E-state index is 12.8. The van der Waals surface area contributed by atoms with Crippen LogP contribution in [0.5, 0.6) is 17.2 Å². The average Bonchev–Trinajstić information content (AvgIpc) is 3.10. The van der Waals surface area contributed by atoms with Gasteiger partial charge >= 0.3 is 0 Å². The molecule has 1 aromatic heterocycles. The van der Waals surface area contributed by atoms with E-state index in [-0.39, 0.29) is 12.0 Å². The lowest BCUT2D eigenvalue weighted by Gasteiger charge is -2.33. The third kappa shape index (κ3) is 8.26. The molecule has 1 amide bonds. The first-order valence-electron chi connectivity index (χ1n) is 16.7. The Kier molecular flexibility index (Phi) is 11.0. The van der Waals surface area contributed by atoms with Crippen molar-refractivity contribution in [3.63, 3.8) is 0 Å². The van der Waals surface area contributed by atoms with Crippen LogP contribution in [0.2, 0.25) is 5.02 Å². The molecule has 0 spiro atoms. The van der Waals surface area contributed by atoms with Gasteiger partial charge < -0.3 is 29.3 Å². The highest BCUT2D eigenvalue weighted by Gasteiger charge is 2.25. The fourth-order valence-electron chi connectivity index (χ4n) is 6.49. The van der Waals surface area contributed by atoms with Crippen molar-refractivity contribution in [2.24, 2.45) is 0 Å². The Labute approximate surface area is 282 Å². The molecule has 1 N–H and O–H groups in total. The molecule has 2 aliphatic rings. The van der Waals surface area contributed by atoms with Crippen LogP contribution >= 0.6 is 11.6 Å². The fraction of sp³-hybridized carbons (Fsp3) is 0.432. The van der Waals surface area contributed by atoms with Gasteiger partial charge in [-0.25, -0.2) is 9.97 Å². The lowest BCUT2D eigenvalue weighted by molar-refractivity contribution is 0.0948. The molecular weight excluding hydrogens is 614 g/mol. The van der Waals surface area contributed by atoms with Crippen LogP contribution in [0, 0.1) is 0 Å². The quantitative estimate of drug-likeness (QED) is 0.164. The maximum atomic E-state index is 12.8. The van der Waals surface area contributed by atoms with Crippen molar-refractivity contribution < 1.29 is 19.0 Å². The second-order valence-electron chi connectivity index (χ2n) is 12.4. The molecule has 2 aliphatic heterocycles. The summed E-state index contributed by atoms with van der Waals surface area (Å²) in [5, 5.41) is 4.40. The molecule has 0 radical (unpaired) electrons. The first kappa shape index (κ1) is 32.8. The number of ether oxygens (including phenoxy) is 3. The standard InChI is InChI=1S/C37H44ClN5O4/c1-26-9-6-7-17-42(26)18-8-16-39-37(44)28-12-13-33(31(38)21-28)47-29-14-19-43(20-15-29)36-30-22-34(45-2)35(23-32(30)40-25-41-36)46-24-27-10-4-3-5-11-27/h3-5,10-13,21-23,25-26,29H,6-9,14-20,24H2,1-2H3,(H,39,44). The number of carbonyl (C=O) groups is 1. The van der Waals surface area contributed by atoms with Gasteiger partial charge in [0, 0.05) is 62.1 Å². The third-order valence-electron chi connectivity index (χ3n) is 9.21. The average molecular weight is 658 g/mol. The van der Waals surface area contributed by atoms with Crippen molar-refractivity contribution in [1.29, 1.82) is 0 Å². The number of hydrogen-bond donors (Lipinski definition) is 1. The molecule has 0 bridgehead atoms. The van der Waals surface area contributed by atoms with Gasteiger partial charge in [0.1, 0.15) is 30.6 Å². The van der Waals surface area contributed by atoms with E-state index in [1.165, 1.54) is 19.3 Å². The smallest absolute Gasteiger partial charge is 0.251 e. The largest absolute Gasteiger partial charge is 0.493 e. The number of aromatic nitrogens is 2. The highest BCUT2D eigenvalue weighted by Crippen LogP contribution is 2.36. The molecule has 1 atom stereocenters. The summed E-state index contributed by atoms with van der Waals surface area (Å²) in [5.74, 6) is 2.63. The second-order valence-corrected chi connectivity index (χ2v) is 12.8. The highest BCUT2D eigenvalue weighted by molar-refractivity contribution is 6.32. The molecule has 9 nitrogen and oxygen atoms in total. The number of benzene rings is 3. The predicted molar refractivity (Wildman–Crippen MR) is 186 cm³/mol. The predicted octanol–water partition coefficient (Wildman–Crippen LogP) is 6.91. The number of rotatable bonds is 12. The number of carbonyl (C=O) groups excluding carboxylic acids is 1. The third-order valence-corrected chi connectivity index (χ3v) is 9.51. The van der Waals surface area contributed by atoms with Crippen molar-refractivity contribution in [3.8, 4) is 17.2 Å². The van der Waals surface area contributed by atoms with Crippen LogP contribution in [0.3, 0.4) is 0 Å². The summed E-state index contributed by atoms with van der Waals surface area (Å²) in [6.07, 6.45) is 7.99.